The molecule has 4 rings (SSSR count). The Hall–Kier alpha value is -1.15. The lowest BCUT2D eigenvalue weighted by Gasteiger charge is -2.30. The van der Waals surface area contributed by atoms with E-state index in [-0.39, 0.29) is 11.9 Å². The number of fused-ring (bicyclic) bond motifs is 3. The molecule has 5 nitrogen and oxygen atoms in total. The molecule has 2 fully saturated rings. The fraction of sp³-hybridized carbons (Fsp3) is 0.467. The predicted octanol–water partition coefficient (Wildman–Crippen LogP) is 2.26. The highest BCUT2D eigenvalue weighted by Gasteiger charge is 2.33. The van der Waals surface area contributed by atoms with Gasteiger partial charge < -0.3 is 14.6 Å². The van der Waals surface area contributed by atoms with Gasteiger partial charge in [0.25, 0.3) is 5.91 Å². The summed E-state index contributed by atoms with van der Waals surface area (Å²) in [4.78, 5) is 19.1. The van der Waals surface area contributed by atoms with Crippen LogP contribution in [0.2, 0.25) is 0 Å². The van der Waals surface area contributed by atoms with Crippen LogP contribution in [0, 0.1) is 9.49 Å². The second-order valence-electron chi connectivity index (χ2n) is 5.97. The van der Waals surface area contributed by atoms with Crippen LogP contribution in [0.1, 0.15) is 23.3 Å². The van der Waals surface area contributed by atoms with E-state index in [1.54, 1.807) is 12.5 Å². The van der Waals surface area contributed by atoms with Gasteiger partial charge in [-0.3, -0.25) is 4.79 Å². The Kier molecular flexibility index (Phi) is 3.37. The normalized spacial score (nSPS) is 28.0. The Balaban J connectivity index is 1.52. The molecular formula is C15H16IN3O2. The maximum Gasteiger partial charge on any atom is 0.270 e. The van der Waals surface area contributed by atoms with E-state index in [0.29, 0.717) is 5.69 Å². The van der Waals surface area contributed by atoms with E-state index in [1.807, 2.05) is 6.07 Å². The Bertz CT molecular complexity index is 687. The Morgan fingerprint density at radius 3 is 3.24 bits per heavy atom. The van der Waals surface area contributed by atoms with Gasteiger partial charge in [-0.1, -0.05) is 0 Å². The molecule has 2 bridgehead atoms. The number of carbonyl (C=O) groups excluding carboxylic acids is 1. The second kappa shape index (κ2) is 5.24. The Labute approximate surface area is 136 Å². The molecule has 2 aromatic heterocycles. The molecule has 21 heavy (non-hydrogen) atoms. The monoisotopic (exact) mass is 397 g/mol. The minimum atomic E-state index is -0.0820. The van der Waals surface area contributed by atoms with Crippen molar-refractivity contribution in [3.63, 3.8) is 0 Å². The highest BCUT2D eigenvalue weighted by atomic mass is 127. The molecule has 0 aromatic carbocycles. The molecule has 2 aliphatic heterocycles. The minimum Gasteiger partial charge on any atom is -0.462 e. The van der Waals surface area contributed by atoms with E-state index >= 15 is 0 Å². The summed E-state index contributed by atoms with van der Waals surface area (Å²) in [7, 11) is 0. The molecule has 2 saturated heterocycles. The molecule has 4 heterocycles. The Morgan fingerprint density at radius 1 is 1.48 bits per heavy atom. The molecule has 0 saturated carbocycles. The van der Waals surface area contributed by atoms with Crippen LogP contribution in [0.25, 0.3) is 11.0 Å². The van der Waals surface area contributed by atoms with Gasteiger partial charge in [0.2, 0.25) is 0 Å². The number of pyridine rings is 1. The van der Waals surface area contributed by atoms with Crippen LogP contribution in [0.5, 0.6) is 0 Å². The zero-order chi connectivity index (χ0) is 14.4. The highest BCUT2D eigenvalue weighted by Crippen LogP contribution is 2.27. The van der Waals surface area contributed by atoms with Gasteiger partial charge in [0.1, 0.15) is 12.0 Å². The number of carbonyl (C=O) groups is 1. The molecule has 110 valence electrons. The number of aromatic nitrogens is 1. The number of nitrogens with one attached hydrogen (secondary N) is 1. The van der Waals surface area contributed by atoms with Crippen LogP contribution in [0.15, 0.2) is 22.9 Å². The third-order valence-corrected chi connectivity index (χ3v) is 5.28. The summed E-state index contributed by atoms with van der Waals surface area (Å²) < 4.78 is 6.36. The summed E-state index contributed by atoms with van der Waals surface area (Å²) >= 11 is 2.20. The first-order chi connectivity index (χ1) is 10.2. The lowest BCUT2D eigenvalue weighted by molar-refractivity contribution is 0.0904. The van der Waals surface area contributed by atoms with Gasteiger partial charge in [0.05, 0.1) is 9.77 Å². The first-order valence-corrected chi connectivity index (χ1v) is 8.33. The molecular weight excluding hydrogens is 381 g/mol. The van der Waals surface area contributed by atoms with Crippen molar-refractivity contribution in [2.45, 2.75) is 18.9 Å². The molecule has 3 atom stereocenters. The first-order valence-electron chi connectivity index (χ1n) is 7.25. The number of nitrogens with zero attached hydrogens (tertiary/aromatic N) is 2. The van der Waals surface area contributed by atoms with Gasteiger partial charge in [-0.2, -0.15) is 0 Å². The van der Waals surface area contributed by atoms with Crippen molar-refractivity contribution >= 4 is 39.5 Å². The van der Waals surface area contributed by atoms with Crippen molar-refractivity contribution in [2.75, 3.05) is 19.6 Å². The fourth-order valence-electron chi connectivity index (χ4n) is 3.45. The van der Waals surface area contributed by atoms with Crippen LogP contribution >= 0.6 is 22.6 Å². The average Bonchev–Trinajstić information content (AvgIpc) is 3.02. The van der Waals surface area contributed by atoms with E-state index in [4.69, 9.17) is 4.42 Å². The van der Waals surface area contributed by atoms with Crippen LogP contribution in [0.3, 0.4) is 0 Å². The van der Waals surface area contributed by atoms with Gasteiger partial charge in [-0.05, 0) is 54.0 Å². The van der Waals surface area contributed by atoms with Crippen molar-refractivity contribution in [3.05, 3.63) is 27.8 Å². The van der Waals surface area contributed by atoms with E-state index in [0.717, 1.165) is 33.4 Å². The van der Waals surface area contributed by atoms with Crippen LogP contribution in [-0.2, 0) is 0 Å². The summed E-state index contributed by atoms with van der Waals surface area (Å²) in [5, 5.41) is 4.08. The lowest BCUT2D eigenvalue weighted by atomic mass is 9.97. The smallest absolute Gasteiger partial charge is 0.270 e. The average molecular weight is 397 g/mol. The molecule has 0 radical (unpaired) electrons. The number of halogens is 1. The van der Waals surface area contributed by atoms with Crippen molar-refractivity contribution in [1.29, 1.82) is 0 Å². The summed E-state index contributed by atoms with van der Waals surface area (Å²) in [5.74, 6) is 0.663. The van der Waals surface area contributed by atoms with Crippen molar-refractivity contribution in [3.8, 4) is 0 Å². The number of hydrogen-bond acceptors (Lipinski definition) is 4. The second-order valence-corrected chi connectivity index (χ2v) is 7.13. The van der Waals surface area contributed by atoms with Crippen LogP contribution < -0.4 is 5.32 Å². The Morgan fingerprint density at radius 2 is 2.38 bits per heavy atom. The van der Waals surface area contributed by atoms with Gasteiger partial charge in [0.15, 0.2) is 5.58 Å². The van der Waals surface area contributed by atoms with Crippen LogP contribution in [0.4, 0.5) is 0 Å². The minimum absolute atomic E-state index is 0.0820. The molecule has 2 aliphatic rings. The summed E-state index contributed by atoms with van der Waals surface area (Å²) in [6.45, 7) is 3.34. The number of amides is 1. The zero-order valence-corrected chi connectivity index (χ0v) is 13.7. The standard InChI is InChI=1S/C15H16IN3O2/c16-12-8-21-14-5-17-13(4-11(12)14)15(20)18-10-3-9-1-2-19(6-9)7-10/h4-5,8-10H,1-3,6-7H2,(H,18,20)/t9-,10+/m0/s1. The quantitative estimate of drug-likeness (QED) is 0.791. The molecule has 0 aliphatic carbocycles. The van der Waals surface area contributed by atoms with Gasteiger partial charge in [-0.15, -0.1) is 0 Å². The SMILES string of the molecule is O=C(N[C@@H]1C[C@@H]2CCN(C2)C1)c1cc2c(I)coc2cn1. The molecule has 1 unspecified atom stereocenters. The van der Waals surface area contributed by atoms with Crippen molar-refractivity contribution in [2.24, 2.45) is 5.92 Å². The summed E-state index contributed by atoms with van der Waals surface area (Å²) in [5.41, 5.74) is 1.19. The van der Waals surface area contributed by atoms with Gasteiger partial charge in [0, 0.05) is 24.5 Å². The summed E-state index contributed by atoms with van der Waals surface area (Å²) in [6.07, 6.45) is 5.67. The summed E-state index contributed by atoms with van der Waals surface area (Å²) in [6, 6.07) is 2.06. The number of rotatable bonds is 2. The lowest BCUT2D eigenvalue weighted by Crippen LogP contribution is -2.47. The fourth-order valence-corrected chi connectivity index (χ4v) is 4.00. The molecule has 6 heteroatoms. The van der Waals surface area contributed by atoms with E-state index < -0.39 is 0 Å². The molecule has 1 N–H and O–H groups in total. The molecule has 2 aromatic rings. The van der Waals surface area contributed by atoms with Crippen LogP contribution in [-0.4, -0.2) is 41.5 Å². The molecule has 0 spiro atoms. The largest absolute Gasteiger partial charge is 0.462 e. The number of furan rings is 1. The number of hydrogen-bond donors (Lipinski definition) is 1. The third-order valence-electron chi connectivity index (χ3n) is 4.45. The van der Waals surface area contributed by atoms with E-state index in [9.17, 15) is 4.79 Å². The third kappa shape index (κ3) is 2.55. The molecule has 1 amide bonds. The van der Waals surface area contributed by atoms with Gasteiger partial charge >= 0.3 is 0 Å². The van der Waals surface area contributed by atoms with E-state index in [1.165, 1.54) is 19.5 Å². The van der Waals surface area contributed by atoms with Gasteiger partial charge in [-0.25, -0.2) is 4.98 Å². The van der Waals surface area contributed by atoms with Crippen molar-refractivity contribution in [1.82, 2.24) is 15.2 Å². The highest BCUT2D eigenvalue weighted by molar-refractivity contribution is 14.1. The maximum atomic E-state index is 12.4. The first kappa shape index (κ1) is 13.5. The topological polar surface area (TPSA) is 58.4 Å². The maximum absolute atomic E-state index is 12.4. The number of piperidine rings is 1. The van der Waals surface area contributed by atoms with E-state index in [2.05, 4.69) is 37.8 Å². The zero-order valence-electron chi connectivity index (χ0n) is 11.5. The predicted molar refractivity (Wildman–Crippen MR) is 87.1 cm³/mol. The van der Waals surface area contributed by atoms with Crippen molar-refractivity contribution < 1.29 is 9.21 Å².